The Morgan fingerprint density at radius 3 is 2.79 bits per heavy atom. The minimum atomic E-state index is 0.683. The van der Waals surface area contributed by atoms with Crippen LogP contribution in [0.25, 0.3) is 17.3 Å². The smallest absolute Gasteiger partial charge is 0.0941 e. The van der Waals surface area contributed by atoms with Gasteiger partial charge in [0, 0.05) is 5.56 Å². The Morgan fingerprint density at radius 2 is 2.14 bits per heavy atom. The molecule has 0 aliphatic rings. The van der Waals surface area contributed by atoms with E-state index in [4.69, 9.17) is 18.2 Å². The first-order chi connectivity index (χ1) is 6.81. The summed E-state index contributed by atoms with van der Waals surface area (Å²) in [4.78, 5) is 0. The maximum Gasteiger partial charge on any atom is 0.0941 e. The highest BCUT2D eigenvalue weighted by Crippen LogP contribution is 2.26. The van der Waals surface area contributed by atoms with Crippen LogP contribution < -0.4 is 0 Å². The second kappa shape index (κ2) is 3.68. The average molecular weight is 204 g/mol. The summed E-state index contributed by atoms with van der Waals surface area (Å²) in [5.41, 5.74) is 2.48. The lowest BCUT2D eigenvalue weighted by Crippen LogP contribution is -1.78. The van der Waals surface area contributed by atoms with Crippen molar-refractivity contribution in [2.24, 2.45) is 0 Å². The van der Waals surface area contributed by atoms with Crippen molar-refractivity contribution >= 4 is 17.7 Å². The van der Waals surface area contributed by atoms with E-state index in [0.29, 0.717) is 5.02 Å². The molecule has 0 bridgehead atoms. The van der Waals surface area contributed by atoms with Gasteiger partial charge in [-0.2, -0.15) is 5.10 Å². The maximum absolute atomic E-state index is 6.02. The predicted octanol–water partition coefficient (Wildman–Crippen LogP) is 3.18. The minimum absolute atomic E-state index is 0.683. The number of hydrogen-bond donors (Lipinski definition) is 1. The van der Waals surface area contributed by atoms with Crippen molar-refractivity contribution in [1.29, 1.82) is 0 Å². The fourth-order valence-corrected chi connectivity index (χ4v) is 1.46. The number of nitrogens with zero attached hydrogens (tertiary/aromatic N) is 1. The fourth-order valence-electron chi connectivity index (χ4n) is 1.23. The Labute approximate surface area is 87.2 Å². The summed E-state index contributed by atoms with van der Waals surface area (Å²) in [5, 5.41) is 7.57. The van der Waals surface area contributed by atoms with Crippen molar-refractivity contribution in [2.45, 2.75) is 0 Å². The third-order valence-corrected chi connectivity index (χ3v) is 2.26. The van der Waals surface area contributed by atoms with Crippen LogP contribution in [0, 0.1) is 6.58 Å². The molecule has 1 N–H and O–H groups in total. The first-order valence-corrected chi connectivity index (χ1v) is 4.54. The molecule has 2 rings (SSSR count). The molecule has 0 spiro atoms. The largest absolute Gasteiger partial charge is 0.278 e. The van der Waals surface area contributed by atoms with E-state index in [1.165, 1.54) is 6.08 Å². The normalized spacial score (nSPS) is 10.1. The van der Waals surface area contributed by atoms with E-state index in [2.05, 4.69) is 10.2 Å². The molecule has 0 saturated heterocycles. The molecule has 3 heteroatoms. The van der Waals surface area contributed by atoms with Crippen LogP contribution in [0.4, 0.5) is 0 Å². The van der Waals surface area contributed by atoms with E-state index < -0.39 is 0 Å². The van der Waals surface area contributed by atoms with E-state index in [9.17, 15) is 0 Å². The molecule has 1 radical (unpaired) electrons. The van der Waals surface area contributed by atoms with Gasteiger partial charge in [-0.3, -0.25) is 5.10 Å². The molecular formula is C11H8ClN2. The van der Waals surface area contributed by atoms with Gasteiger partial charge in [-0.1, -0.05) is 36.4 Å². The van der Waals surface area contributed by atoms with Gasteiger partial charge in [-0.25, -0.2) is 0 Å². The van der Waals surface area contributed by atoms with Crippen molar-refractivity contribution in [3.63, 3.8) is 0 Å². The lowest BCUT2D eigenvalue weighted by atomic mass is 10.1. The van der Waals surface area contributed by atoms with Gasteiger partial charge in [0.15, 0.2) is 0 Å². The molecule has 1 aromatic carbocycles. The topological polar surface area (TPSA) is 28.7 Å². The van der Waals surface area contributed by atoms with Crippen molar-refractivity contribution in [2.75, 3.05) is 0 Å². The second-order valence-corrected chi connectivity index (χ2v) is 3.26. The van der Waals surface area contributed by atoms with E-state index in [1.807, 2.05) is 30.3 Å². The predicted molar refractivity (Wildman–Crippen MR) is 57.8 cm³/mol. The highest BCUT2D eigenvalue weighted by molar-refractivity contribution is 6.33. The average Bonchev–Trinajstić information content (AvgIpc) is 2.67. The van der Waals surface area contributed by atoms with Gasteiger partial charge < -0.3 is 0 Å². The lowest BCUT2D eigenvalue weighted by Gasteiger charge is -1.97. The van der Waals surface area contributed by atoms with E-state index in [-0.39, 0.29) is 0 Å². The molecule has 0 fully saturated rings. The zero-order valence-electron chi connectivity index (χ0n) is 7.37. The van der Waals surface area contributed by atoms with Crippen molar-refractivity contribution < 1.29 is 0 Å². The number of rotatable bonds is 2. The molecule has 0 atom stereocenters. The molecule has 2 aromatic rings. The third kappa shape index (κ3) is 1.56. The molecule has 0 saturated carbocycles. The van der Waals surface area contributed by atoms with E-state index >= 15 is 0 Å². The quantitative estimate of drug-likeness (QED) is 0.798. The second-order valence-electron chi connectivity index (χ2n) is 2.86. The monoisotopic (exact) mass is 203 g/mol. The van der Waals surface area contributed by atoms with Crippen LogP contribution in [0.2, 0.25) is 5.02 Å². The standard InChI is InChI=1S/C11H8ClN2/c1-2-8-7-11(14-13-8)9-5-3-4-6-10(9)12/h1-7H,(H,13,14). The van der Waals surface area contributed by atoms with Gasteiger partial charge in [0.2, 0.25) is 0 Å². The first kappa shape index (κ1) is 9.03. The van der Waals surface area contributed by atoms with E-state index in [0.717, 1.165) is 17.0 Å². The summed E-state index contributed by atoms with van der Waals surface area (Å²) < 4.78 is 0. The number of benzene rings is 1. The highest BCUT2D eigenvalue weighted by atomic mass is 35.5. The first-order valence-electron chi connectivity index (χ1n) is 4.16. The zero-order valence-corrected chi connectivity index (χ0v) is 8.12. The molecule has 0 aliphatic carbocycles. The Balaban J connectivity index is 2.49. The summed E-state index contributed by atoms with van der Waals surface area (Å²) in [5.74, 6) is 0. The van der Waals surface area contributed by atoms with Gasteiger partial charge in [0.25, 0.3) is 0 Å². The van der Waals surface area contributed by atoms with Gasteiger partial charge in [-0.05, 0) is 18.2 Å². The van der Waals surface area contributed by atoms with Crippen LogP contribution in [-0.4, -0.2) is 10.2 Å². The highest BCUT2D eigenvalue weighted by Gasteiger charge is 2.05. The number of aromatic nitrogens is 2. The van der Waals surface area contributed by atoms with Gasteiger partial charge in [-0.15, -0.1) is 0 Å². The van der Waals surface area contributed by atoms with Crippen molar-refractivity contribution in [3.05, 3.63) is 47.6 Å². The van der Waals surface area contributed by atoms with Crippen molar-refractivity contribution in [3.8, 4) is 11.3 Å². The van der Waals surface area contributed by atoms with Crippen LogP contribution in [0.1, 0.15) is 5.69 Å². The summed E-state index contributed by atoms with van der Waals surface area (Å²) in [6, 6.07) is 9.40. The number of nitrogens with one attached hydrogen (secondary N) is 1. The molecule has 14 heavy (non-hydrogen) atoms. The minimum Gasteiger partial charge on any atom is -0.278 e. The van der Waals surface area contributed by atoms with Crippen molar-refractivity contribution in [1.82, 2.24) is 10.2 Å². The molecule has 2 nitrogen and oxygen atoms in total. The Kier molecular flexibility index (Phi) is 2.37. The number of halogens is 1. The number of hydrogen-bond acceptors (Lipinski definition) is 1. The molecule has 69 valence electrons. The summed E-state index contributed by atoms with van der Waals surface area (Å²) >= 11 is 6.02. The summed E-state index contributed by atoms with van der Waals surface area (Å²) in [6.45, 7) is 5.35. The summed E-state index contributed by atoms with van der Waals surface area (Å²) in [6.07, 6.45) is 1.47. The van der Waals surface area contributed by atoms with Crippen LogP contribution in [0.3, 0.4) is 0 Å². The SMILES string of the molecule is [CH]=Cc1cc(-c2ccccc2Cl)n[nH]1. The van der Waals surface area contributed by atoms with Crippen LogP contribution in [0.5, 0.6) is 0 Å². The Bertz CT molecular complexity index is 460. The molecule has 0 aliphatic heterocycles. The Hall–Kier alpha value is -1.54. The molecule has 1 aromatic heterocycles. The fraction of sp³-hybridized carbons (Fsp3) is 0. The molecule has 0 unspecified atom stereocenters. The zero-order chi connectivity index (χ0) is 9.97. The van der Waals surface area contributed by atoms with Crippen LogP contribution in [0.15, 0.2) is 30.3 Å². The van der Waals surface area contributed by atoms with Crippen LogP contribution >= 0.6 is 11.6 Å². The molecule has 1 heterocycles. The molecular weight excluding hydrogens is 196 g/mol. The van der Waals surface area contributed by atoms with Gasteiger partial charge in [0.1, 0.15) is 0 Å². The van der Waals surface area contributed by atoms with Gasteiger partial charge in [0.05, 0.1) is 16.4 Å². The summed E-state index contributed by atoms with van der Waals surface area (Å²) in [7, 11) is 0. The lowest BCUT2D eigenvalue weighted by molar-refractivity contribution is 1.08. The third-order valence-electron chi connectivity index (χ3n) is 1.93. The van der Waals surface area contributed by atoms with E-state index in [1.54, 1.807) is 0 Å². The Morgan fingerprint density at radius 1 is 1.36 bits per heavy atom. The number of aromatic amines is 1. The number of H-pyrrole nitrogens is 1. The van der Waals surface area contributed by atoms with Crippen LogP contribution in [-0.2, 0) is 0 Å². The molecule has 0 amide bonds. The van der Waals surface area contributed by atoms with Gasteiger partial charge >= 0.3 is 0 Å². The maximum atomic E-state index is 6.02.